The SMILES string of the molecule is NC(c1ccc(Br)s1)C1CCCNC1. The zero-order chi connectivity index (χ0) is 9.97. The fourth-order valence-corrected chi connectivity index (χ4v) is 3.44. The quantitative estimate of drug-likeness (QED) is 0.870. The van der Waals surface area contributed by atoms with Gasteiger partial charge in [0, 0.05) is 10.9 Å². The van der Waals surface area contributed by atoms with E-state index in [0.29, 0.717) is 5.92 Å². The molecule has 0 radical (unpaired) electrons. The highest BCUT2D eigenvalue weighted by Crippen LogP contribution is 2.32. The molecular formula is C10H15BrN2S. The maximum Gasteiger partial charge on any atom is 0.0701 e. The predicted octanol–water partition coefficient (Wildman–Crippen LogP) is 2.51. The van der Waals surface area contributed by atoms with Gasteiger partial charge in [0.1, 0.15) is 0 Å². The van der Waals surface area contributed by atoms with Crippen LogP contribution in [0.4, 0.5) is 0 Å². The van der Waals surface area contributed by atoms with Crippen molar-refractivity contribution >= 4 is 27.3 Å². The fraction of sp³-hybridized carbons (Fsp3) is 0.600. The summed E-state index contributed by atoms with van der Waals surface area (Å²) in [6.45, 7) is 2.22. The lowest BCUT2D eigenvalue weighted by Crippen LogP contribution is -2.35. The van der Waals surface area contributed by atoms with Crippen LogP contribution in [-0.2, 0) is 0 Å². The van der Waals surface area contributed by atoms with E-state index in [2.05, 4.69) is 33.4 Å². The van der Waals surface area contributed by atoms with Crippen molar-refractivity contribution in [1.29, 1.82) is 0 Å². The van der Waals surface area contributed by atoms with E-state index in [1.54, 1.807) is 11.3 Å². The summed E-state index contributed by atoms with van der Waals surface area (Å²) < 4.78 is 1.17. The number of hydrogen-bond acceptors (Lipinski definition) is 3. The van der Waals surface area contributed by atoms with Crippen LogP contribution in [-0.4, -0.2) is 13.1 Å². The Morgan fingerprint density at radius 2 is 2.43 bits per heavy atom. The van der Waals surface area contributed by atoms with Crippen LogP contribution in [0.15, 0.2) is 15.9 Å². The average Bonchev–Trinajstić information content (AvgIpc) is 2.65. The molecule has 2 nitrogen and oxygen atoms in total. The van der Waals surface area contributed by atoms with Crippen LogP contribution in [0.25, 0.3) is 0 Å². The van der Waals surface area contributed by atoms with Crippen LogP contribution in [0.2, 0.25) is 0 Å². The summed E-state index contributed by atoms with van der Waals surface area (Å²) in [5.41, 5.74) is 6.23. The molecule has 14 heavy (non-hydrogen) atoms. The highest BCUT2D eigenvalue weighted by molar-refractivity contribution is 9.11. The third-order valence-corrected chi connectivity index (χ3v) is 4.49. The van der Waals surface area contributed by atoms with Crippen LogP contribution in [0.5, 0.6) is 0 Å². The zero-order valence-corrected chi connectivity index (χ0v) is 10.4. The van der Waals surface area contributed by atoms with Crippen molar-refractivity contribution in [2.75, 3.05) is 13.1 Å². The smallest absolute Gasteiger partial charge is 0.0701 e. The first-order chi connectivity index (χ1) is 6.77. The van der Waals surface area contributed by atoms with Gasteiger partial charge < -0.3 is 11.1 Å². The molecule has 1 fully saturated rings. The Hall–Kier alpha value is 0.1000. The van der Waals surface area contributed by atoms with Crippen molar-refractivity contribution in [3.05, 3.63) is 20.8 Å². The average molecular weight is 275 g/mol. The van der Waals surface area contributed by atoms with Gasteiger partial charge in [-0.25, -0.2) is 0 Å². The van der Waals surface area contributed by atoms with Crippen LogP contribution >= 0.6 is 27.3 Å². The monoisotopic (exact) mass is 274 g/mol. The van der Waals surface area contributed by atoms with Gasteiger partial charge in [0.15, 0.2) is 0 Å². The molecule has 0 aliphatic carbocycles. The lowest BCUT2D eigenvalue weighted by atomic mass is 9.91. The van der Waals surface area contributed by atoms with Crippen molar-refractivity contribution in [2.24, 2.45) is 11.7 Å². The second-order valence-corrected chi connectivity index (χ2v) is 6.27. The van der Waals surface area contributed by atoms with Gasteiger partial charge in [-0.15, -0.1) is 11.3 Å². The van der Waals surface area contributed by atoms with Gasteiger partial charge in [-0.1, -0.05) is 0 Å². The van der Waals surface area contributed by atoms with Crippen LogP contribution in [0, 0.1) is 5.92 Å². The number of rotatable bonds is 2. The van der Waals surface area contributed by atoms with E-state index >= 15 is 0 Å². The standard InChI is InChI=1S/C10H15BrN2S/c11-9-4-3-8(14-9)10(12)7-2-1-5-13-6-7/h3-4,7,10,13H,1-2,5-6,12H2. The molecule has 78 valence electrons. The van der Waals surface area contributed by atoms with E-state index in [0.717, 1.165) is 13.1 Å². The summed E-state index contributed by atoms with van der Waals surface area (Å²) in [4.78, 5) is 1.30. The Morgan fingerprint density at radius 3 is 3.00 bits per heavy atom. The Balaban J connectivity index is 2.03. The summed E-state index contributed by atoms with van der Waals surface area (Å²) in [5, 5.41) is 3.41. The third kappa shape index (κ3) is 2.37. The van der Waals surface area contributed by atoms with E-state index in [-0.39, 0.29) is 6.04 Å². The molecule has 1 saturated heterocycles. The topological polar surface area (TPSA) is 38.0 Å². The van der Waals surface area contributed by atoms with E-state index in [9.17, 15) is 0 Å². The molecule has 2 unspecified atom stereocenters. The number of nitrogens with one attached hydrogen (secondary N) is 1. The Labute approximate surface area is 97.0 Å². The summed E-state index contributed by atoms with van der Waals surface area (Å²) in [6, 6.07) is 4.42. The number of nitrogens with two attached hydrogens (primary N) is 1. The van der Waals surface area contributed by atoms with Crippen LogP contribution < -0.4 is 11.1 Å². The fourth-order valence-electron chi connectivity index (χ4n) is 1.93. The van der Waals surface area contributed by atoms with Crippen molar-refractivity contribution in [1.82, 2.24) is 5.32 Å². The summed E-state index contributed by atoms with van der Waals surface area (Å²) in [5.74, 6) is 0.606. The zero-order valence-electron chi connectivity index (χ0n) is 8.00. The highest BCUT2D eigenvalue weighted by Gasteiger charge is 2.22. The van der Waals surface area contributed by atoms with Crippen molar-refractivity contribution in [3.63, 3.8) is 0 Å². The minimum atomic E-state index is 0.207. The Morgan fingerprint density at radius 1 is 1.57 bits per heavy atom. The number of hydrogen-bond donors (Lipinski definition) is 2. The van der Waals surface area contributed by atoms with E-state index in [1.807, 2.05) is 0 Å². The Kier molecular flexibility index (Phi) is 3.60. The molecule has 1 aromatic heterocycles. The van der Waals surface area contributed by atoms with Crippen LogP contribution in [0.3, 0.4) is 0 Å². The number of thiophene rings is 1. The first kappa shape index (κ1) is 10.6. The minimum Gasteiger partial charge on any atom is -0.323 e. The van der Waals surface area contributed by atoms with E-state index in [4.69, 9.17) is 5.73 Å². The lowest BCUT2D eigenvalue weighted by molar-refractivity contribution is 0.329. The van der Waals surface area contributed by atoms with Gasteiger partial charge in [-0.3, -0.25) is 0 Å². The lowest BCUT2D eigenvalue weighted by Gasteiger charge is -2.27. The third-order valence-electron chi connectivity index (χ3n) is 2.77. The van der Waals surface area contributed by atoms with Gasteiger partial charge >= 0.3 is 0 Å². The summed E-state index contributed by atoms with van der Waals surface area (Å²) in [6.07, 6.45) is 2.51. The molecule has 0 saturated carbocycles. The largest absolute Gasteiger partial charge is 0.323 e. The molecule has 4 heteroatoms. The predicted molar refractivity (Wildman–Crippen MR) is 64.5 cm³/mol. The van der Waals surface area contributed by atoms with E-state index in [1.165, 1.54) is 21.5 Å². The number of halogens is 1. The molecule has 2 atom stereocenters. The summed E-state index contributed by atoms with van der Waals surface area (Å²) in [7, 11) is 0. The number of piperidine rings is 1. The van der Waals surface area contributed by atoms with E-state index < -0.39 is 0 Å². The first-order valence-corrected chi connectivity index (χ1v) is 6.60. The minimum absolute atomic E-state index is 0.207. The van der Waals surface area contributed by atoms with Crippen molar-refractivity contribution in [2.45, 2.75) is 18.9 Å². The molecule has 1 aromatic rings. The molecule has 0 amide bonds. The van der Waals surface area contributed by atoms with Crippen molar-refractivity contribution < 1.29 is 0 Å². The Bertz CT molecular complexity index is 294. The van der Waals surface area contributed by atoms with Gasteiger partial charge in [0.05, 0.1) is 3.79 Å². The molecular weight excluding hydrogens is 260 g/mol. The maximum absolute atomic E-state index is 6.23. The summed E-state index contributed by atoms with van der Waals surface area (Å²) >= 11 is 5.23. The van der Waals surface area contributed by atoms with Gasteiger partial charge in [-0.2, -0.15) is 0 Å². The second kappa shape index (κ2) is 4.75. The molecule has 1 aliphatic heterocycles. The van der Waals surface area contributed by atoms with Gasteiger partial charge in [0.25, 0.3) is 0 Å². The highest BCUT2D eigenvalue weighted by atomic mass is 79.9. The molecule has 0 spiro atoms. The first-order valence-electron chi connectivity index (χ1n) is 4.99. The van der Waals surface area contributed by atoms with Gasteiger partial charge in [-0.05, 0) is 59.9 Å². The maximum atomic E-state index is 6.23. The van der Waals surface area contributed by atoms with Gasteiger partial charge in [0.2, 0.25) is 0 Å². The molecule has 0 aromatic carbocycles. The van der Waals surface area contributed by atoms with Crippen LogP contribution in [0.1, 0.15) is 23.8 Å². The van der Waals surface area contributed by atoms with Crippen molar-refractivity contribution in [3.8, 4) is 0 Å². The molecule has 1 aliphatic rings. The normalized spacial score (nSPS) is 24.9. The molecule has 3 N–H and O–H groups in total. The molecule has 2 rings (SSSR count). The second-order valence-electron chi connectivity index (χ2n) is 3.77. The molecule has 2 heterocycles. The molecule has 0 bridgehead atoms.